The summed E-state index contributed by atoms with van der Waals surface area (Å²) >= 11 is 0. The van der Waals surface area contributed by atoms with Crippen LogP contribution in [0.15, 0.2) is 24.3 Å². The number of carboxylic acid groups (broad SMARTS) is 1. The SMILES string of the molecule is O=C(O)c1ccccc1NS(=O)(=O)CCCC(F)(F)F. The summed E-state index contributed by atoms with van der Waals surface area (Å²) in [4.78, 5) is 10.9. The standard InChI is InChI=1S/C11H12F3NO4S/c12-11(13,14)6-3-7-20(18,19)15-9-5-2-1-4-8(9)10(16)17/h1-2,4-5,15H,3,6-7H2,(H,16,17). The van der Waals surface area contributed by atoms with Crippen LogP contribution in [0.5, 0.6) is 0 Å². The lowest BCUT2D eigenvalue weighted by Crippen LogP contribution is -2.20. The number of nitrogens with one attached hydrogen (secondary N) is 1. The van der Waals surface area contributed by atoms with Crippen molar-refractivity contribution in [1.29, 1.82) is 0 Å². The van der Waals surface area contributed by atoms with Crippen LogP contribution >= 0.6 is 0 Å². The van der Waals surface area contributed by atoms with Crippen molar-refractivity contribution >= 4 is 21.7 Å². The molecule has 20 heavy (non-hydrogen) atoms. The number of anilines is 1. The zero-order chi connectivity index (χ0) is 15.4. The molecule has 1 aromatic carbocycles. The number of sulfonamides is 1. The Kier molecular flexibility index (Phi) is 4.98. The summed E-state index contributed by atoms with van der Waals surface area (Å²) in [5.74, 6) is -2.07. The van der Waals surface area contributed by atoms with E-state index in [0.29, 0.717) is 0 Å². The Morgan fingerprint density at radius 1 is 1.25 bits per heavy atom. The summed E-state index contributed by atoms with van der Waals surface area (Å²) in [7, 11) is -4.03. The van der Waals surface area contributed by atoms with Crippen LogP contribution in [0.3, 0.4) is 0 Å². The molecule has 9 heteroatoms. The van der Waals surface area contributed by atoms with Gasteiger partial charge in [-0.3, -0.25) is 4.72 Å². The highest BCUT2D eigenvalue weighted by molar-refractivity contribution is 7.92. The van der Waals surface area contributed by atoms with Crippen molar-refractivity contribution in [3.63, 3.8) is 0 Å². The maximum atomic E-state index is 11.9. The van der Waals surface area contributed by atoms with Gasteiger partial charge in [0.15, 0.2) is 0 Å². The van der Waals surface area contributed by atoms with E-state index in [1.807, 2.05) is 4.72 Å². The van der Waals surface area contributed by atoms with Gasteiger partial charge in [0, 0.05) is 6.42 Å². The van der Waals surface area contributed by atoms with Gasteiger partial charge in [0.05, 0.1) is 17.0 Å². The first kappa shape index (κ1) is 16.3. The van der Waals surface area contributed by atoms with Crippen LogP contribution in [-0.2, 0) is 10.0 Å². The number of hydrogen-bond acceptors (Lipinski definition) is 3. The lowest BCUT2D eigenvalue weighted by atomic mass is 10.2. The molecule has 0 unspecified atom stereocenters. The lowest BCUT2D eigenvalue weighted by Gasteiger charge is -2.11. The number of benzene rings is 1. The third-order valence-corrected chi connectivity index (χ3v) is 3.65. The molecule has 0 spiro atoms. The van der Waals surface area contributed by atoms with E-state index in [1.54, 1.807) is 0 Å². The third kappa shape index (κ3) is 5.47. The van der Waals surface area contributed by atoms with Crippen LogP contribution in [0.4, 0.5) is 18.9 Å². The average molecular weight is 311 g/mol. The minimum absolute atomic E-state index is 0.174. The lowest BCUT2D eigenvalue weighted by molar-refractivity contribution is -0.134. The highest BCUT2D eigenvalue weighted by atomic mass is 32.2. The number of para-hydroxylation sites is 1. The van der Waals surface area contributed by atoms with Gasteiger partial charge in [0.2, 0.25) is 10.0 Å². The Morgan fingerprint density at radius 2 is 1.85 bits per heavy atom. The number of aromatic carboxylic acids is 1. The highest BCUT2D eigenvalue weighted by Gasteiger charge is 2.27. The van der Waals surface area contributed by atoms with E-state index in [9.17, 15) is 26.4 Å². The van der Waals surface area contributed by atoms with Gasteiger partial charge in [-0.15, -0.1) is 0 Å². The van der Waals surface area contributed by atoms with Gasteiger partial charge >= 0.3 is 12.1 Å². The molecular weight excluding hydrogens is 299 g/mol. The molecule has 112 valence electrons. The van der Waals surface area contributed by atoms with Gasteiger partial charge in [0.25, 0.3) is 0 Å². The third-order valence-electron chi connectivity index (χ3n) is 2.30. The van der Waals surface area contributed by atoms with E-state index in [0.717, 1.165) is 0 Å². The van der Waals surface area contributed by atoms with Crippen LogP contribution in [0.2, 0.25) is 0 Å². The number of alkyl halides is 3. The Balaban J connectivity index is 2.74. The molecule has 0 amide bonds. The van der Waals surface area contributed by atoms with Crippen LogP contribution in [0.25, 0.3) is 0 Å². The van der Waals surface area contributed by atoms with Crippen LogP contribution in [-0.4, -0.2) is 31.4 Å². The Hall–Kier alpha value is -1.77. The van der Waals surface area contributed by atoms with Gasteiger partial charge in [0.1, 0.15) is 0 Å². The molecule has 0 bridgehead atoms. The average Bonchev–Trinajstić information content (AvgIpc) is 2.26. The van der Waals surface area contributed by atoms with Crippen LogP contribution in [0.1, 0.15) is 23.2 Å². The second-order valence-electron chi connectivity index (χ2n) is 3.99. The summed E-state index contributed by atoms with van der Waals surface area (Å²) in [6.45, 7) is 0. The number of carbonyl (C=O) groups is 1. The van der Waals surface area contributed by atoms with Crippen molar-refractivity contribution in [3.05, 3.63) is 29.8 Å². The van der Waals surface area contributed by atoms with E-state index in [1.165, 1.54) is 24.3 Å². The molecule has 1 aromatic rings. The largest absolute Gasteiger partial charge is 0.478 e. The molecule has 0 radical (unpaired) electrons. The Bertz CT molecular complexity index is 584. The fourth-order valence-corrected chi connectivity index (χ4v) is 2.58. The number of carboxylic acids is 1. The molecule has 0 aliphatic heterocycles. The minimum atomic E-state index is -4.42. The molecule has 0 fully saturated rings. The molecule has 0 saturated heterocycles. The van der Waals surface area contributed by atoms with Crippen molar-refractivity contribution in [2.45, 2.75) is 19.0 Å². The van der Waals surface area contributed by atoms with Crippen molar-refractivity contribution < 1.29 is 31.5 Å². The van der Waals surface area contributed by atoms with Gasteiger partial charge < -0.3 is 5.11 Å². The summed E-state index contributed by atoms with van der Waals surface area (Å²) in [6.07, 6.45) is -6.23. The molecule has 2 N–H and O–H groups in total. The fourth-order valence-electron chi connectivity index (χ4n) is 1.44. The zero-order valence-electron chi connectivity index (χ0n) is 10.1. The summed E-state index contributed by atoms with van der Waals surface area (Å²) < 4.78 is 61.0. The first-order chi connectivity index (χ1) is 9.11. The molecule has 0 atom stereocenters. The second kappa shape index (κ2) is 6.12. The molecule has 0 heterocycles. The molecular formula is C11H12F3NO4S. The van der Waals surface area contributed by atoms with Gasteiger partial charge in [-0.25, -0.2) is 13.2 Å². The Labute approximate surface area is 113 Å². The molecule has 1 rings (SSSR count). The predicted octanol–water partition coefficient (Wildman–Crippen LogP) is 2.47. The van der Waals surface area contributed by atoms with Gasteiger partial charge in [-0.05, 0) is 18.6 Å². The van der Waals surface area contributed by atoms with Gasteiger partial charge in [-0.1, -0.05) is 12.1 Å². The van der Waals surface area contributed by atoms with E-state index in [4.69, 9.17) is 5.11 Å². The van der Waals surface area contributed by atoms with Crippen molar-refractivity contribution in [3.8, 4) is 0 Å². The predicted molar refractivity (Wildman–Crippen MR) is 66.1 cm³/mol. The van der Waals surface area contributed by atoms with Crippen molar-refractivity contribution in [1.82, 2.24) is 0 Å². The topological polar surface area (TPSA) is 83.5 Å². The first-order valence-corrected chi connectivity index (χ1v) is 7.15. The van der Waals surface area contributed by atoms with Crippen LogP contribution in [0, 0.1) is 0 Å². The normalized spacial score (nSPS) is 12.2. The van der Waals surface area contributed by atoms with E-state index >= 15 is 0 Å². The number of rotatable bonds is 6. The van der Waals surface area contributed by atoms with Gasteiger partial charge in [-0.2, -0.15) is 13.2 Å². The summed E-state index contributed by atoms with van der Waals surface area (Å²) in [6, 6.07) is 5.24. The molecule has 0 saturated carbocycles. The zero-order valence-corrected chi connectivity index (χ0v) is 11.0. The maximum Gasteiger partial charge on any atom is 0.389 e. The molecule has 0 aromatic heterocycles. The smallest absolute Gasteiger partial charge is 0.389 e. The quantitative estimate of drug-likeness (QED) is 0.845. The van der Waals surface area contributed by atoms with Crippen LogP contribution < -0.4 is 4.72 Å². The molecule has 0 aliphatic carbocycles. The van der Waals surface area contributed by atoms with E-state index in [2.05, 4.69) is 0 Å². The minimum Gasteiger partial charge on any atom is -0.478 e. The first-order valence-electron chi connectivity index (χ1n) is 5.50. The van der Waals surface area contributed by atoms with E-state index in [-0.39, 0.29) is 11.3 Å². The summed E-state index contributed by atoms with van der Waals surface area (Å²) in [5.41, 5.74) is -0.445. The number of hydrogen-bond donors (Lipinski definition) is 2. The number of halogens is 3. The maximum absolute atomic E-state index is 11.9. The van der Waals surface area contributed by atoms with E-state index < -0.39 is 40.8 Å². The molecule has 0 aliphatic rings. The fraction of sp³-hybridized carbons (Fsp3) is 0.364. The second-order valence-corrected chi connectivity index (χ2v) is 5.83. The highest BCUT2D eigenvalue weighted by Crippen LogP contribution is 2.22. The Morgan fingerprint density at radius 3 is 2.40 bits per heavy atom. The van der Waals surface area contributed by atoms with Crippen molar-refractivity contribution in [2.75, 3.05) is 10.5 Å². The summed E-state index contributed by atoms with van der Waals surface area (Å²) in [5, 5.41) is 8.86. The molecule has 5 nitrogen and oxygen atoms in total. The monoisotopic (exact) mass is 311 g/mol. The van der Waals surface area contributed by atoms with Crippen molar-refractivity contribution in [2.24, 2.45) is 0 Å².